The van der Waals surface area contributed by atoms with Crippen LogP contribution in [0.2, 0.25) is 0 Å². The summed E-state index contributed by atoms with van der Waals surface area (Å²) in [5.74, 6) is 1.11. The summed E-state index contributed by atoms with van der Waals surface area (Å²) in [6, 6.07) is 0.536. The quantitative estimate of drug-likeness (QED) is 0.680. The monoisotopic (exact) mass is 355 g/mol. The fourth-order valence-corrected chi connectivity index (χ4v) is 4.82. The molecule has 1 aliphatic heterocycles. The zero-order valence-electron chi connectivity index (χ0n) is 17.6. The van der Waals surface area contributed by atoms with Gasteiger partial charge in [0.2, 0.25) is 0 Å². The molecule has 0 bridgehead atoms. The van der Waals surface area contributed by atoms with Gasteiger partial charge in [-0.05, 0) is 43.9 Å². The van der Waals surface area contributed by atoms with Crippen molar-refractivity contribution in [1.82, 2.24) is 4.90 Å². The number of methoxy groups -OCH3 is 1. The standard InChI is InChI=1S/C21H41NO3/c1-16(2)22(12-13-23-7)11-9-18-15-24-21(25-18)10-8-19(17(3)14-21)20(4,5)6/h16-19H,8-15H2,1-7H3. The van der Waals surface area contributed by atoms with Gasteiger partial charge in [-0.2, -0.15) is 0 Å². The molecule has 1 saturated carbocycles. The van der Waals surface area contributed by atoms with Crippen molar-refractivity contribution < 1.29 is 14.2 Å². The van der Waals surface area contributed by atoms with Gasteiger partial charge in [0, 0.05) is 39.1 Å². The molecule has 2 rings (SSSR count). The topological polar surface area (TPSA) is 30.9 Å². The predicted octanol–water partition coefficient (Wildman–Crippen LogP) is 4.33. The summed E-state index contributed by atoms with van der Waals surface area (Å²) >= 11 is 0. The zero-order valence-corrected chi connectivity index (χ0v) is 17.6. The van der Waals surface area contributed by atoms with Crippen molar-refractivity contribution in [2.45, 2.75) is 85.2 Å². The fraction of sp³-hybridized carbons (Fsp3) is 1.00. The van der Waals surface area contributed by atoms with Crippen molar-refractivity contribution in [2.75, 3.05) is 33.4 Å². The molecule has 1 spiro atoms. The fourth-order valence-electron chi connectivity index (χ4n) is 4.82. The van der Waals surface area contributed by atoms with Gasteiger partial charge in [0.25, 0.3) is 0 Å². The van der Waals surface area contributed by atoms with Crippen LogP contribution in [0.4, 0.5) is 0 Å². The van der Waals surface area contributed by atoms with Crippen molar-refractivity contribution in [1.29, 1.82) is 0 Å². The highest BCUT2D eigenvalue weighted by Gasteiger charge is 2.48. The highest BCUT2D eigenvalue weighted by molar-refractivity contribution is 4.92. The molecule has 0 radical (unpaired) electrons. The molecule has 4 atom stereocenters. The molecule has 0 aromatic heterocycles. The molecule has 0 amide bonds. The Morgan fingerprint density at radius 1 is 1.24 bits per heavy atom. The first-order valence-electron chi connectivity index (χ1n) is 10.2. The first-order valence-corrected chi connectivity index (χ1v) is 10.2. The Kier molecular flexibility index (Phi) is 7.35. The maximum Gasteiger partial charge on any atom is 0.169 e. The lowest BCUT2D eigenvalue weighted by molar-refractivity contribution is -0.208. The van der Waals surface area contributed by atoms with Gasteiger partial charge < -0.3 is 14.2 Å². The molecule has 25 heavy (non-hydrogen) atoms. The van der Waals surface area contributed by atoms with Crippen LogP contribution in [0.15, 0.2) is 0 Å². The Morgan fingerprint density at radius 3 is 2.52 bits per heavy atom. The summed E-state index contributed by atoms with van der Waals surface area (Å²) in [6.07, 6.45) is 4.59. The van der Waals surface area contributed by atoms with E-state index in [0.29, 0.717) is 17.4 Å². The smallest absolute Gasteiger partial charge is 0.169 e. The first kappa shape index (κ1) is 21.1. The van der Waals surface area contributed by atoms with Crippen molar-refractivity contribution in [2.24, 2.45) is 17.3 Å². The van der Waals surface area contributed by atoms with Crippen LogP contribution in [0.5, 0.6) is 0 Å². The summed E-state index contributed by atoms with van der Waals surface area (Å²) in [6.45, 7) is 17.5. The molecule has 4 unspecified atom stereocenters. The van der Waals surface area contributed by atoms with Gasteiger partial charge in [0.05, 0.1) is 19.3 Å². The maximum atomic E-state index is 6.48. The lowest BCUT2D eigenvalue weighted by Crippen LogP contribution is -2.43. The number of hydrogen-bond acceptors (Lipinski definition) is 4. The van der Waals surface area contributed by atoms with E-state index in [0.717, 1.165) is 51.5 Å². The lowest BCUT2D eigenvalue weighted by atomic mass is 9.65. The third-order valence-corrected chi connectivity index (χ3v) is 6.23. The van der Waals surface area contributed by atoms with Crippen molar-refractivity contribution in [3.8, 4) is 0 Å². The normalized spacial score (nSPS) is 33.7. The second-order valence-electron chi connectivity index (χ2n) is 9.57. The van der Waals surface area contributed by atoms with Gasteiger partial charge in [-0.25, -0.2) is 0 Å². The second kappa shape index (κ2) is 8.69. The molecule has 4 nitrogen and oxygen atoms in total. The molecular weight excluding hydrogens is 314 g/mol. The van der Waals surface area contributed by atoms with Crippen molar-refractivity contribution in [3.05, 3.63) is 0 Å². The number of hydrogen-bond donors (Lipinski definition) is 0. The average molecular weight is 356 g/mol. The Hall–Kier alpha value is -0.160. The van der Waals surface area contributed by atoms with E-state index >= 15 is 0 Å². The van der Waals surface area contributed by atoms with Gasteiger partial charge in [-0.3, -0.25) is 4.90 Å². The molecule has 1 saturated heterocycles. The number of nitrogens with zero attached hydrogens (tertiary/aromatic N) is 1. The van der Waals surface area contributed by atoms with E-state index in [4.69, 9.17) is 14.2 Å². The van der Waals surface area contributed by atoms with Crippen LogP contribution in [-0.2, 0) is 14.2 Å². The van der Waals surface area contributed by atoms with Crippen LogP contribution in [-0.4, -0.2) is 56.2 Å². The SMILES string of the molecule is COCCN(CCC1COC2(CCC(C(C)(C)C)C(C)C2)O1)C(C)C. The Bertz CT molecular complexity index is 406. The molecular formula is C21H41NO3. The van der Waals surface area contributed by atoms with Crippen LogP contribution >= 0.6 is 0 Å². The van der Waals surface area contributed by atoms with Gasteiger partial charge in [0.15, 0.2) is 5.79 Å². The van der Waals surface area contributed by atoms with E-state index in [9.17, 15) is 0 Å². The molecule has 0 aromatic carbocycles. The van der Waals surface area contributed by atoms with E-state index in [-0.39, 0.29) is 11.9 Å². The Labute approximate surface area is 155 Å². The minimum absolute atomic E-state index is 0.238. The third kappa shape index (κ3) is 5.66. The highest BCUT2D eigenvalue weighted by Crippen LogP contribution is 2.48. The molecule has 148 valence electrons. The van der Waals surface area contributed by atoms with Crippen molar-refractivity contribution >= 4 is 0 Å². The molecule has 1 aliphatic carbocycles. The molecule has 2 fully saturated rings. The third-order valence-electron chi connectivity index (χ3n) is 6.23. The number of rotatable bonds is 7. The second-order valence-corrected chi connectivity index (χ2v) is 9.57. The van der Waals surface area contributed by atoms with Crippen LogP contribution in [0.1, 0.15) is 67.2 Å². The summed E-state index contributed by atoms with van der Waals surface area (Å²) in [5.41, 5.74) is 0.373. The summed E-state index contributed by atoms with van der Waals surface area (Å²) in [5, 5.41) is 0. The molecule has 0 N–H and O–H groups in total. The first-order chi connectivity index (χ1) is 11.7. The molecule has 0 aromatic rings. The lowest BCUT2D eigenvalue weighted by Gasteiger charge is -2.45. The summed E-state index contributed by atoms with van der Waals surface area (Å²) in [7, 11) is 1.77. The average Bonchev–Trinajstić information content (AvgIpc) is 2.88. The van der Waals surface area contributed by atoms with Gasteiger partial charge >= 0.3 is 0 Å². The highest BCUT2D eigenvalue weighted by atomic mass is 16.7. The van der Waals surface area contributed by atoms with E-state index < -0.39 is 0 Å². The molecule has 4 heteroatoms. The number of ether oxygens (including phenoxy) is 3. The summed E-state index contributed by atoms with van der Waals surface area (Å²) in [4.78, 5) is 2.47. The molecule has 2 aliphatic rings. The minimum atomic E-state index is -0.305. The van der Waals surface area contributed by atoms with Gasteiger partial charge in [-0.15, -0.1) is 0 Å². The van der Waals surface area contributed by atoms with Gasteiger partial charge in [-0.1, -0.05) is 27.7 Å². The van der Waals surface area contributed by atoms with Crippen LogP contribution in [0, 0.1) is 17.3 Å². The van der Waals surface area contributed by atoms with Gasteiger partial charge in [0.1, 0.15) is 0 Å². The Balaban J connectivity index is 1.83. The largest absolute Gasteiger partial charge is 0.383 e. The van der Waals surface area contributed by atoms with E-state index in [1.54, 1.807) is 7.11 Å². The minimum Gasteiger partial charge on any atom is -0.383 e. The maximum absolute atomic E-state index is 6.48. The van der Waals surface area contributed by atoms with Crippen molar-refractivity contribution in [3.63, 3.8) is 0 Å². The van der Waals surface area contributed by atoms with E-state index in [1.807, 2.05) is 0 Å². The predicted molar refractivity (Wildman–Crippen MR) is 103 cm³/mol. The van der Waals surface area contributed by atoms with Crippen LogP contribution < -0.4 is 0 Å². The summed E-state index contributed by atoms with van der Waals surface area (Å²) < 4.78 is 17.9. The van der Waals surface area contributed by atoms with E-state index in [1.165, 1.54) is 6.42 Å². The zero-order chi connectivity index (χ0) is 18.7. The Morgan fingerprint density at radius 2 is 1.96 bits per heavy atom. The van der Waals surface area contributed by atoms with E-state index in [2.05, 4.69) is 46.4 Å². The van der Waals surface area contributed by atoms with Crippen LogP contribution in [0.25, 0.3) is 0 Å². The van der Waals surface area contributed by atoms with Crippen LogP contribution in [0.3, 0.4) is 0 Å². The molecule has 1 heterocycles.